The average molecular weight is 232 g/mol. The maximum atomic E-state index is 3.41. The molecule has 1 N–H and O–H groups in total. The van der Waals surface area contributed by atoms with Gasteiger partial charge in [0.1, 0.15) is 0 Å². The molecule has 0 bridgehead atoms. The van der Waals surface area contributed by atoms with Gasteiger partial charge in [-0.25, -0.2) is 0 Å². The quantitative estimate of drug-likeness (QED) is 0.859. The lowest BCUT2D eigenvalue weighted by atomic mass is 9.83. The molecule has 1 saturated heterocycles. The van der Waals surface area contributed by atoms with Gasteiger partial charge in [-0.15, -0.1) is 0 Å². The van der Waals surface area contributed by atoms with Crippen molar-refractivity contribution in [3.8, 4) is 0 Å². The Morgan fingerprint density at radius 3 is 2.29 bits per heavy atom. The van der Waals surface area contributed by atoms with E-state index in [0.717, 1.165) is 19.6 Å². The van der Waals surface area contributed by atoms with Crippen LogP contribution >= 0.6 is 0 Å². The standard InChI is InChI=1S/C15H24N2/c1-13-4-6-14(7-5-13)15(2,3)12-17-10-8-16-9-11-17/h4-7,16H,8-12H2,1-3H3. The van der Waals surface area contributed by atoms with Crippen molar-refractivity contribution in [2.75, 3.05) is 32.7 Å². The molecule has 2 nitrogen and oxygen atoms in total. The van der Waals surface area contributed by atoms with E-state index in [2.05, 4.69) is 55.3 Å². The first kappa shape index (κ1) is 12.6. The van der Waals surface area contributed by atoms with Crippen LogP contribution in [0.2, 0.25) is 0 Å². The van der Waals surface area contributed by atoms with E-state index in [1.807, 2.05) is 0 Å². The van der Waals surface area contributed by atoms with Gasteiger partial charge >= 0.3 is 0 Å². The van der Waals surface area contributed by atoms with Crippen LogP contribution in [0.4, 0.5) is 0 Å². The van der Waals surface area contributed by atoms with Gasteiger partial charge in [-0.2, -0.15) is 0 Å². The minimum Gasteiger partial charge on any atom is -0.314 e. The van der Waals surface area contributed by atoms with Gasteiger partial charge in [0.05, 0.1) is 0 Å². The monoisotopic (exact) mass is 232 g/mol. The number of hydrogen-bond donors (Lipinski definition) is 1. The van der Waals surface area contributed by atoms with Gasteiger partial charge in [-0.1, -0.05) is 43.7 Å². The molecule has 0 spiro atoms. The second-order valence-electron chi connectivity index (χ2n) is 5.78. The van der Waals surface area contributed by atoms with Crippen LogP contribution in [0.25, 0.3) is 0 Å². The van der Waals surface area contributed by atoms with Gasteiger partial charge in [0.2, 0.25) is 0 Å². The molecule has 1 aromatic carbocycles. The van der Waals surface area contributed by atoms with Crippen molar-refractivity contribution >= 4 is 0 Å². The lowest BCUT2D eigenvalue weighted by Gasteiger charge is -2.35. The zero-order valence-electron chi connectivity index (χ0n) is 11.3. The van der Waals surface area contributed by atoms with Gasteiger partial charge in [0, 0.05) is 38.1 Å². The van der Waals surface area contributed by atoms with Crippen molar-refractivity contribution in [2.24, 2.45) is 0 Å². The summed E-state index contributed by atoms with van der Waals surface area (Å²) in [7, 11) is 0. The number of rotatable bonds is 3. The van der Waals surface area contributed by atoms with Gasteiger partial charge in [0.15, 0.2) is 0 Å². The Morgan fingerprint density at radius 1 is 1.12 bits per heavy atom. The molecule has 0 amide bonds. The molecule has 0 unspecified atom stereocenters. The first-order valence-electron chi connectivity index (χ1n) is 6.58. The lowest BCUT2D eigenvalue weighted by Crippen LogP contribution is -2.47. The Kier molecular flexibility index (Phi) is 3.85. The minimum absolute atomic E-state index is 0.241. The fourth-order valence-corrected chi connectivity index (χ4v) is 2.52. The zero-order chi connectivity index (χ0) is 12.3. The first-order valence-corrected chi connectivity index (χ1v) is 6.58. The number of benzene rings is 1. The maximum Gasteiger partial charge on any atom is 0.0108 e. The summed E-state index contributed by atoms with van der Waals surface area (Å²) in [5.41, 5.74) is 3.03. The van der Waals surface area contributed by atoms with Gasteiger partial charge in [0.25, 0.3) is 0 Å². The number of hydrogen-bond acceptors (Lipinski definition) is 2. The molecule has 1 fully saturated rings. The summed E-state index contributed by atoms with van der Waals surface area (Å²) in [4.78, 5) is 2.57. The predicted molar refractivity (Wildman–Crippen MR) is 73.5 cm³/mol. The summed E-state index contributed by atoms with van der Waals surface area (Å²) >= 11 is 0. The number of nitrogens with zero attached hydrogens (tertiary/aromatic N) is 1. The van der Waals surface area contributed by atoms with E-state index in [9.17, 15) is 0 Å². The molecule has 0 radical (unpaired) electrons. The molecule has 1 aromatic rings. The van der Waals surface area contributed by atoms with E-state index < -0.39 is 0 Å². The molecule has 0 saturated carbocycles. The molecule has 1 aliphatic heterocycles. The molecule has 94 valence electrons. The van der Waals surface area contributed by atoms with Gasteiger partial charge in [-0.3, -0.25) is 4.90 Å². The Morgan fingerprint density at radius 2 is 1.71 bits per heavy atom. The van der Waals surface area contributed by atoms with Gasteiger partial charge < -0.3 is 5.32 Å². The van der Waals surface area contributed by atoms with Crippen molar-refractivity contribution in [1.82, 2.24) is 10.2 Å². The molecule has 0 aromatic heterocycles. The number of aryl methyl sites for hydroxylation is 1. The number of piperazine rings is 1. The van der Waals surface area contributed by atoms with E-state index in [4.69, 9.17) is 0 Å². The SMILES string of the molecule is Cc1ccc(C(C)(C)CN2CCNCC2)cc1. The molecule has 1 heterocycles. The highest BCUT2D eigenvalue weighted by Crippen LogP contribution is 2.24. The van der Waals surface area contributed by atoms with E-state index in [-0.39, 0.29) is 5.41 Å². The summed E-state index contributed by atoms with van der Waals surface area (Å²) in [5.74, 6) is 0. The van der Waals surface area contributed by atoms with E-state index >= 15 is 0 Å². The number of nitrogens with one attached hydrogen (secondary N) is 1. The van der Waals surface area contributed by atoms with E-state index in [1.165, 1.54) is 24.2 Å². The van der Waals surface area contributed by atoms with Crippen molar-refractivity contribution < 1.29 is 0 Å². The largest absolute Gasteiger partial charge is 0.314 e. The molecular formula is C15H24N2. The van der Waals surface area contributed by atoms with E-state index in [1.54, 1.807) is 0 Å². The first-order chi connectivity index (χ1) is 8.08. The Balaban J connectivity index is 2.04. The molecule has 0 atom stereocenters. The molecule has 17 heavy (non-hydrogen) atoms. The summed E-state index contributed by atoms with van der Waals surface area (Å²) in [6.45, 7) is 12.6. The van der Waals surface area contributed by atoms with Crippen LogP contribution in [0.15, 0.2) is 24.3 Å². The topological polar surface area (TPSA) is 15.3 Å². The summed E-state index contributed by atoms with van der Waals surface area (Å²) in [6.07, 6.45) is 0. The molecule has 2 rings (SSSR count). The Hall–Kier alpha value is -0.860. The third-order valence-corrected chi connectivity index (χ3v) is 3.66. The average Bonchev–Trinajstić information content (AvgIpc) is 2.30. The molecule has 0 aliphatic carbocycles. The van der Waals surface area contributed by atoms with Crippen molar-refractivity contribution in [2.45, 2.75) is 26.2 Å². The van der Waals surface area contributed by atoms with Crippen molar-refractivity contribution in [3.05, 3.63) is 35.4 Å². The van der Waals surface area contributed by atoms with E-state index in [0.29, 0.717) is 0 Å². The molecule has 1 aliphatic rings. The fraction of sp³-hybridized carbons (Fsp3) is 0.600. The van der Waals surface area contributed by atoms with Crippen LogP contribution in [-0.2, 0) is 5.41 Å². The van der Waals surface area contributed by atoms with Crippen LogP contribution in [0, 0.1) is 6.92 Å². The highest BCUT2D eigenvalue weighted by Gasteiger charge is 2.24. The highest BCUT2D eigenvalue weighted by molar-refractivity contribution is 5.27. The summed E-state index contributed by atoms with van der Waals surface area (Å²) in [5, 5.41) is 3.41. The van der Waals surface area contributed by atoms with Crippen LogP contribution in [0.5, 0.6) is 0 Å². The smallest absolute Gasteiger partial charge is 0.0108 e. The minimum atomic E-state index is 0.241. The second kappa shape index (κ2) is 5.19. The van der Waals surface area contributed by atoms with Crippen molar-refractivity contribution in [1.29, 1.82) is 0 Å². The Bertz CT molecular complexity index is 348. The van der Waals surface area contributed by atoms with Crippen LogP contribution in [0.1, 0.15) is 25.0 Å². The molecule has 2 heteroatoms. The highest BCUT2D eigenvalue weighted by atomic mass is 15.2. The molecular weight excluding hydrogens is 208 g/mol. The van der Waals surface area contributed by atoms with Crippen molar-refractivity contribution in [3.63, 3.8) is 0 Å². The fourth-order valence-electron chi connectivity index (χ4n) is 2.52. The van der Waals surface area contributed by atoms with Crippen LogP contribution in [-0.4, -0.2) is 37.6 Å². The maximum absolute atomic E-state index is 3.41. The predicted octanol–water partition coefficient (Wildman–Crippen LogP) is 2.18. The normalized spacial score (nSPS) is 18.3. The summed E-state index contributed by atoms with van der Waals surface area (Å²) < 4.78 is 0. The Labute approximate surface area is 105 Å². The third kappa shape index (κ3) is 3.30. The zero-order valence-corrected chi connectivity index (χ0v) is 11.3. The van der Waals surface area contributed by atoms with Gasteiger partial charge in [-0.05, 0) is 12.5 Å². The second-order valence-corrected chi connectivity index (χ2v) is 5.78. The van der Waals surface area contributed by atoms with Crippen LogP contribution < -0.4 is 5.32 Å². The third-order valence-electron chi connectivity index (χ3n) is 3.66. The summed E-state index contributed by atoms with van der Waals surface area (Å²) in [6, 6.07) is 8.98. The lowest BCUT2D eigenvalue weighted by molar-refractivity contribution is 0.200. The van der Waals surface area contributed by atoms with Crippen LogP contribution in [0.3, 0.4) is 0 Å².